The number of piperidine rings is 1. The summed E-state index contributed by atoms with van der Waals surface area (Å²) in [6, 6.07) is 2.61. The first-order valence-corrected chi connectivity index (χ1v) is 7.25. The van der Waals surface area contributed by atoms with Crippen molar-refractivity contribution in [2.45, 2.75) is 46.1 Å². The first-order valence-electron chi connectivity index (χ1n) is 7.25. The molecule has 19 heavy (non-hydrogen) atoms. The monoisotopic (exact) mass is 263 g/mol. The lowest BCUT2D eigenvalue weighted by Crippen LogP contribution is -2.38. The Morgan fingerprint density at radius 2 is 2.05 bits per heavy atom. The Kier molecular flexibility index (Phi) is 4.40. The van der Waals surface area contributed by atoms with Crippen LogP contribution in [0.1, 0.15) is 49.8 Å². The molecule has 0 aromatic carbocycles. The summed E-state index contributed by atoms with van der Waals surface area (Å²) in [5, 5.41) is 4.46. The van der Waals surface area contributed by atoms with Gasteiger partial charge in [-0.1, -0.05) is 0 Å². The lowest BCUT2D eigenvalue weighted by molar-refractivity contribution is 0.100. The van der Waals surface area contributed by atoms with Gasteiger partial charge in [-0.2, -0.15) is 5.10 Å². The molecule has 1 fully saturated rings. The molecule has 0 saturated carbocycles. The van der Waals surface area contributed by atoms with Gasteiger partial charge in [0.1, 0.15) is 5.69 Å². The Morgan fingerprint density at radius 3 is 2.53 bits per heavy atom. The van der Waals surface area contributed by atoms with E-state index >= 15 is 0 Å². The predicted molar refractivity (Wildman–Crippen MR) is 76.3 cm³/mol. The van der Waals surface area contributed by atoms with Crippen LogP contribution >= 0.6 is 0 Å². The van der Waals surface area contributed by atoms with Gasteiger partial charge >= 0.3 is 0 Å². The fraction of sp³-hybridized carbons (Fsp3) is 0.733. The first kappa shape index (κ1) is 14.3. The summed E-state index contributed by atoms with van der Waals surface area (Å²) in [5.41, 5.74) is 1.78. The second kappa shape index (κ2) is 5.87. The van der Waals surface area contributed by atoms with Crippen LogP contribution in [0.15, 0.2) is 6.07 Å². The molecule has 0 amide bonds. The largest absolute Gasteiger partial charge is 0.301 e. The Balaban J connectivity index is 1.92. The Bertz CT molecular complexity index is 442. The van der Waals surface area contributed by atoms with Crippen molar-refractivity contribution in [1.82, 2.24) is 14.7 Å². The number of carbonyl (C=O) groups excluding carboxylic acids is 1. The standard InChI is InChI=1S/C15H25N3O/c1-11(2)18-7-5-13(6-8-18)9-14-10-15(12(3)19)17(4)16-14/h10-11,13H,5-9H2,1-4H3. The van der Waals surface area contributed by atoms with Crippen molar-refractivity contribution in [1.29, 1.82) is 0 Å². The summed E-state index contributed by atoms with van der Waals surface area (Å²) in [5.74, 6) is 0.806. The second-order valence-corrected chi connectivity index (χ2v) is 5.98. The number of carbonyl (C=O) groups is 1. The molecule has 1 saturated heterocycles. The molecule has 1 aromatic rings. The number of Topliss-reactive ketones (excluding diaryl/α,β-unsaturated/α-hetero) is 1. The molecule has 0 aliphatic carbocycles. The number of ketones is 1. The zero-order valence-corrected chi connectivity index (χ0v) is 12.5. The average molecular weight is 263 g/mol. The molecular weight excluding hydrogens is 238 g/mol. The van der Waals surface area contributed by atoms with Crippen LogP contribution in [-0.4, -0.2) is 39.6 Å². The van der Waals surface area contributed by atoms with Crippen LogP contribution in [-0.2, 0) is 13.5 Å². The third kappa shape index (κ3) is 3.44. The molecule has 0 radical (unpaired) electrons. The van der Waals surface area contributed by atoms with Gasteiger partial charge in [-0.3, -0.25) is 9.48 Å². The number of aromatic nitrogens is 2. The van der Waals surface area contributed by atoms with Crippen LogP contribution in [0.2, 0.25) is 0 Å². The number of likely N-dealkylation sites (tertiary alicyclic amines) is 1. The molecule has 1 aliphatic rings. The highest BCUT2D eigenvalue weighted by Crippen LogP contribution is 2.22. The molecule has 0 N–H and O–H groups in total. The summed E-state index contributed by atoms with van der Waals surface area (Å²) < 4.78 is 1.71. The maximum absolute atomic E-state index is 11.4. The molecule has 4 heteroatoms. The van der Waals surface area contributed by atoms with E-state index in [2.05, 4.69) is 23.8 Å². The van der Waals surface area contributed by atoms with Crippen LogP contribution < -0.4 is 0 Å². The normalized spacial score (nSPS) is 18.2. The van der Waals surface area contributed by atoms with Crippen molar-refractivity contribution in [2.24, 2.45) is 13.0 Å². The Morgan fingerprint density at radius 1 is 1.42 bits per heavy atom. The Labute approximate surface area is 115 Å². The summed E-state index contributed by atoms with van der Waals surface area (Å²) >= 11 is 0. The number of rotatable bonds is 4. The third-order valence-electron chi connectivity index (χ3n) is 4.17. The van der Waals surface area contributed by atoms with Gasteiger partial charge in [0.2, 0.25) is 0 Å². The highest BCUT2D eigenvalue weighted by molar-refractivity contribution is 5.92. The molecule has 106 valence electrons. The van der Waals surface area contributed by atoms with E-state index in [4.69, 9.17) is 0 Å². The third-order valence-corrected chi connectivity index (χ3v) is 4.17. The number of nitrogens with zero attached hydrogens (tertiary/aromatic N) is 3. The van der Waals surface area contributed by atoms with Crippen LogP contribution in [0, 0.1) is 5.92 Å². The van der Waals surface area contributed by atoms with Crippen molar-refractivity contribution in [3.8, 4) is 0 Å². The Hall–Kier alpha value is -1.16. The van der Waals surface area contributed by atoms with Crippen molar-refractivity contribution >= 4 is 5.78 Å². The number of hydrogen-bond acceptors (Lipinski definition) is 3. The SMILES string of the molecule is CC(=O)c1cc(CC2CCN(C(C)C)CC2)nn1C. The van der Waals surface area contributed by atoms with Crippen LogP contribution in [0.3, 0.4) is 0 Å². The van der Waals surface area contributed by atoms with E-state index in [9.17, 15) is 4.79 Å². The molecule has 4 nitrogen and oxygen atoms in total. The lowest BCUT2D eigenvalue weighted by atomic mass is 9.91. The van der Waals surface area contributed by atoms with Gasteiger partial charge in [-0.15, -0.1) is 0 Å². The van der Waals surface area contributed by atoms with Gasteiger partial charge in [-0.25, -0.2) is 0 Å². The van der Waals surface area contributed by atoms with Crippen LogP contribution in [0.25, 0.3) is 0 Å². The van der Waals surface area contributed by atoms with E-state index in [1.54, 1.807) is 11.6 Å². The van der Waals surface area contributed by atoms with Gasteiger partial charge in [0, 0.05) is 20.0 Å². The fourth-order valence-corrected chi connectivity index (χ4v) is 2.93. The molecule has 0 bridgehead atoms. The van der Waals surface area contributed by atoms with E-state index in [0.717, 1.165) is 17.8 Å². The van der Waals surface area contributed by atoms with E-state index < -0.39 is 0 Å². The minimum absolute atomic E-state index is 0.0934. The maximum atomic E-state index is 11.4. The van der Waals surface area contributed by atoms with Crippen molar-refractivity contribution in [2.75, 3.05) is 13.1 Å². The summed E-state index contributed by atoms with van der Waals surface area (Å²) in [7, 11) is 1.85. The number of hydrogen-bond donors (Lipinski definition) is 0. The van der Waals surface area contributed by atoms with Crippen molar-refractivity contribution < 1.29 is 4.79 Å². The molecular formula is C15H25N3O. The fourth-order valence-electron chi connectivity index (χ4n) is 2.93. The predicted octanol–water partition coefficient (Wildman–Crippen LogP) is 2.29. The highest BCUT2D eigenvalue weighted by Gasteiger charge is 2.22. The second-order valence-electron chi connectivity index (χ2n) is 5.98. The van der Waals surface area contributed by atoms with Gasteiger partial charge in [0.15, 0.2) is 5.78 Å². The summed E-state index contributed by atoms with van der Waals surface area (Å²) in [4.78, 5) is 14.0. The number of aryl methyl sites for hydroxylation is 1. The van der Waals surface area contributed by atoms with E-state index in [0.29, 0.717) is 12.0 Å². The highest BCUT2D eigenvalue weighted by atomic mass is 16.1. The first-order chi connectivity index (χ1) is 8.97. The molecule has 0 atom stereocenters. The topological polar surface area (TPSA) is 38.1 Å². The van der Waals surface area contributed by atoms with Gasteiger partial charge in [0.05, 0.1) is 5.69 Å². The van der Waals surface area contributed by atoms with E-state index in [-0.39, 0.29) is 5.78 Å². The molecule has 2 rings (SSSR count). The van der Waals surface area contributed by atoms with Crippen LogP contribution in [0.5, 0.6) is 0 Å². The van der Waals surface area contributed by atoms with E-state index in [1.807, 2.05) is 13.1 Å². The smallest absolute Gasteiger partial charge is 0.177 e. The molecule has 2 heterocycles. The molecule has 1 aliphatic heterocycles. The van der Waals surface area contributed by atoms with Crippen molar-refractivity contribution in [3.05, 3.63) is 17.5 Å². The molecule has 1 aromatic heterocycles. The molecule has 0 unspecified atom stereocenters. The maximum Gasteiger partial charge on any atom is 0.177 e. The van der Waals surface area contributed by atoms with Crippen LogP contribution in [0.4, 0.5) is 0 Å². The summed E-state index contributed by atoms with van der Waals surface area (Å²) in [6.45, 7) is 8.50. The van der Waals surface area contributed by atoms with Gasteiger partial charge in [0.25, 0.3) is 0 Å². The minimum Gasteiger partial charge on any atom is -0.301 e. The minimum atomic E-state index is 0.0934. The summed E-state index contributed by atoms with van der Waals surface area (Å²) in [6.07, 6.45) is 3.49. The lowest BCUT2D eigenvalue weighted by Gasteiger charge is -2.34. The average Bonchev–Trinajstić information content (AvgIpc) is 2.71. The zero-order valence-electron chi connectivity index (χ0n) is 12.5. The van der Waals surface area contributed by atoms with Gasteiger partial charge < -0.3 is 4.90 Å². The van der Waals surface area contributed by atoms with E-state index in [1.165, 1.54) is 25.9 Å². The quantitative estimate of drug-likeness (QED) is 0.782. The zero-order chi connectivity index (χ0) is 14.0. The molecule has 0 spiro atoms. The van der Waals surface area contributed by atoms with Gasteiger partial charge in [-0.05, 0) is 58.2 Å². The van der Waals surface area contributed by atoms with Crippen molar-refractivity contribution in [3.63, 3.8) is 0 Å².